The molecule has 1 aromatic carbocycles. The molecule has 2 aromatic rings. The first-order valence-corrected chi connectivity index (χ1v) is 8.56. The van der Waals surface area contributed by atoms with Gasteiger partial charge in [0.25, 0.3) is 0 Å². The highest BCUT2D eigenvalue weighted by Crippen LogP contribution is 2.22. The molecule has 1 unspecified atom stereocenters. The Morgan fingerprint density at radius 2 is 1.78 bits per heavy atom. The van der Waals surface area contributed by atoms with E-state index in [1.807, 2.05) is 24.3 Å². The Hall–Kier alpha value is -1.57. The van der Waals surface area contributed by atoms with Gasteiger partial charge in [0.15, 0.2) is 0 Å². The quantitative estimate of drug-likeness (QED) is 0.406. The highest BCUT2D eigenvalue weighted by Gasteiger charge is 2.08. The summed E-state index contributed by atoms with van der Waals surface area (Å²) in [6, 6.07) is 11.0. The van der Waals surface area contributed by atoms with Gasteiger partial charge >= 0.3 is 5.97 Å². The number of nitrogens with one attached hydrogen (secondary N) is 2. The summed E-state index contributed by atoms with van der Waals surface area (Å²) >= 11 is 0. The molecule has 1 atom stereocenters. The molecule has 6 nitrogen and oxygen atoms in total. The molecule has 0 aliphatic carbocycles. The molecule has 0 fully saturated rings. The van der Waals surface area contributed by atoms with E-state index >= 15 is 0 Å². The average Bonchev–Trinajstić information content (AvgIpc) is 3.07. The van der Waals surface area contributed by atoms with Gasteiger partial charge in [0.2, 0.25) is 0 Å². The number of ether oxygens (including phenoxy) is 1. The SMILES string of the molecule is CCOC(=O)c1ccc(-c2ccc(CNCCNCC(C)O)o2)cc1.Cl.Cl. The molecular weight excluding hydrogens is 391 g/mol. The van der Waals surface area contributed by atoms with Crippen LogP contribution in [0.3, 0.4) is 0 Å². The van der Waals surface area contributed by atoms with Gasteiger partial charge in [-0.2, -0.15) is 0 Å². The summed E-state index contributed by atoms with van der Waals surface area (Å²) in [5.41, 5.74) is 1.45. The number of hydrogen-bond donors (Lipinski definition) is 3. The van der Waals surface area contributed by atoms with E-state index < -0.39 is 0 Å². The zero-order chi connectivity index (χ0) is 18.1. The molecule has 2 rings (SSSR count). The Morgan fingerprint density at radius 3 is 2.41 bits per heavy atom. The van der Waals surface area contributed by atoms with Crippen molar-refractivity contribution >= 4 is 30.8 Å². The predicted molar refractivity (Wildman–Crippen MR) is 111 cm³/mol. The van der Waals surface area contributed by atoms with Crippen LogP contribution in [0.4, 0.5) is 0 Å². The van der Waals surface area contributed by atoms with Crippen LogP contribution in [0, 0.1) is 0 Å². The molecule has 1 aromatic heterocycles. The summed E-state index contributed by atoms with van der Waals surface area (Å²) in [7, 11) is 0. The number of aliphatic hydroxyl groups is 1. The number of carbonyl (C=O) groups is 1. The monoisotopic (exact) mass is 418 g/mol. The minimum atomic E-state index is -0.331. The number of hydrogen-bond acceptors (Lipinski definition) is 6. The minimum absolute atomic E-state index is 0. The van der Waals surface area contributed by atoms with E-state index in [9.17, 15) is 4.79 Å². The van der Waals surface area contributed by atoms with Gasteiger partial charge in [-0.3, -0.25) is 0 Å². The molecule has 27 heavy (non-hydrogen) atoms. The number of aliphatic hydroxyl groups excluding tert-OH is 1. The largest absolute Gasteiger partial charge is 0.462 e. The minimum Gasteiger partial charge on any atom is -0.462 e. The lowest BCUT2D eigenvalue weighted by molar-refractivity contribution is 0.0526. The number of furan rings is 1. The van der Waals surface area contributed by atoms with Crippen molar-refractivity contribution in [2.24, 2.45) is 0 Å². The second-order valence-electron chi connectivity index (χ2n) is 5.79. The van der Waals surface area contributed by atoms with Gasteiger partial charge in [0.05, 0.1) is 24.8 Å². The van der Waals surface area contributed by atoms with Gasteiger partial charge < -0.3 is 24.9 Å². The van der Waals surface area contributed by atoms with Gasteiger partial charge in [-0.15, -0.1) is 24.8 Å². The molecule has 0 radical (unpaired) electrons. The third kappa shape index (κ3) is 8.77. The summed E-state index contributed by atoms with van der Waals surface area (Å²) in [4.78, 5) is 11.7. The van der Waals surface area contributed by atoms with Gasteiger partial charge in [-0.1, -0.05) is 12.1 Å². The topological polar surface area (TPSA) is 83.7 Å². The summed E-state index contributed by atoms with van der Waals surface area (Å²) in [6.07, 6.45) is -0.331. The van der Waals surface area contributed by atoms with Gasteiger partial charge in [0.1, 0.15) is 11.5 Å². The second-order valence-corrected chi connectivity index (χ2v) is 5.79. The maximum absolute atomic E-state index is 11.7. The maximum Gasteiger partial charge on any atom is 0.338 e. The molecule has 3 N–H and O–H groups in total. The lowest BCUT2D eigenvalue weighted by Crippen LogP contribution is -2.31. The molecular formula is C19H28Cl2N2O4. The summed E-state index contributed by atoms with van der Waals surface area (Å²) < 4.78 is 10.8. The van der Waals surface area contributed by atoms with Crippen molar-refractivity contribution in [1.82, 2.24) is 10.6 Å². The number of rotatable bonds is 10. The fourth-order valence-corrected chi connectivity index (χ4v) is 2.31. The van der Waals surface area contributed by atoms with Gasteiger partial charge in [0, 0.05) is 25.2 Å². The second kappa shape index (κ2) is 13.6. The van der Waals surface area contributed by atoms with Crippen LogP contribution < -0.4 is 10.6 Å². The Morgan fingerprint density at radius 1 is 1.11 bits per heavy atom. The molecule has 0 saturated heterocycles. The molecule has 0 bridgehead atoms. The number of esters is 1. The van der Waals surface area contributed by atoms with E-state index in [1.165, 1.54) is 0 Å². The zero-order valence-corrected chi connectivity index (χ0v) is 17.2. The first kappa shape index (κ1) is 25.4. The average molecular weight is 419 g/mol. The highest BCUT2D eigenvalue weighted by molar-refractivity contribution is 5.89. The van der Waals surface area contributed by atoms with Crippen molar-refractivity contribution in [3.8, 4) is 11.3 Å². The smallest absolute Gasteiger partial charge is 0.338 e. The van der Waals surface area contributed by atoms with E-state index in [0.717, 1.165) is 30.2 Å². The molecule has 0 saturated carbocycles. The Kier molecular flexibility index (Phi) is 12.8. The number of halogens is 2. The first-order valence-electron chi connectivity index (χ1n) is 8.56. The zero-order valence-electron chi connectivity index (χ0n) is 15.6. The number of benzene rings is 1. The third-order valence-corrected chi connectivity index (χ3v) is 3.56. The van der Waals surface area contributed by atoms with Crippen molar-refractivity contribution in [3.63, 3.8) is 0 Å². The van der Waals surface area contributed by atoms with Crippen molar-refractivity contribution < 1.29 is 19.1 Å². The summed E-state index contributed by atoms with van der Waals surface area (Å²) in [6.45, 7) is 6.71. The van der Waals surface area contributed by atoms with Crippen LogP contribution in [-0.2, 0) is 11.3 Å². The van der Waals surface area contributed by atoms with Crippen molar-refractivity contribution in [2.75, 3.05) is 26.2 Å². The van der Waals surface area contributed by atoms with E-state index in [4.69, 9.17) is 14.3 Å². The fraction of sp³-hybridized carbons (Fsp3) is 0.421. The van der Waals surface area contributed by atoms with Crippen LogP contribution in [0.25, 0.3) is 11.3 Å². The van der Waals surface area contributed by atoms with Crippen molar-refractivity contribution in [2.45, 2.75) is 26.5 Å². The van der Waals surface area contributed by atoms with Crippen LogP contribution >= 0.6 is 24.8 Å². The Labute approximate surface area is 172 Å². The maximum atomic E-state index is 11.7. The van der Waals surface area contributed by atoms with E-state index in [1.54, 1.807) is 26.0 Å². The normalized spacial score (nSPS) is 11.2. The van der Waals surface area contributed by atoms with E-state index in [-0.39, 0.29) is 36.9 Å². The van der Waals surface area contributed by atoms with E-state index in [0.29, 0.717) is 25.3 Å². The molecule has 0 amide bonds. The predicted octanol–water partition coefficient (Wildman–Crippen LogP) is 3.03. The summed E-state index contributed by atoms with van der Waals surface area (Å²) in [5, 5.41) is 15.6. The Bertz CT molecular complexity index is 660. The standard InChI is InChI=1S/C19H26N2O4.2ClH/c1-3-24-19(23)16-6-4-15(5-7-16)18-9-8-17(25-18)13-21-11-10-20-12-14(2)22;;/h4-9,14,20-22H,3,10-13H2,1-2H3;2*1H. The lowest BCUT2D eigenvalue weighted by atomic mass is 10.1. The Balaban J connectivity index is 0.00000338. The summed E-state index contributed by atoms with van der Waals surface area (Å²) in [5.74, 6) is 1.29. The third-order valence-electron chi connectivity index (χ3n) is 3.56. The van der Waals surface area contributed by atoms with Crippen LogP contribution in [0.1, 0.15) is 30.0 Å². The van der Waals surface area contributed by atoms with Crippen LogP contribution in [-0.4, -0.2) is 43.4 Å². The lowest BCUT2D eigenvalue weighted by Gasteiger charge is -2.07. The molecule has 8 heteroatoms. The van der Waals surface area contributed by atoms with Crippen LogP contribution in [0.15, 0.2) is 40.8 Å². The molecule has 0 spiro atoms. The van der Waals surface area contributed by atoms with Crippen LogP contribution in [0.5, 0.6) is 0 Å². The molecule has 0 aliphatic heterocycles. The molecule has 1 heterocycles. The van der Waals surface area contributed by atoms with E-state index in [2.05, 4.69) is 10.6 Å². The molecule has 0 aliphatic rings. The first-order chi connectivity index (χ1) is 12.1. The van der Waals surface area contributed by atoms with Gasteiger partial charge in [-0.25, -0.2) is 4.79 Å². The number of carbonyl (C=O) groups excluding carboxylic acids is 1. The van der Waals surface area contributed by atoms with Crippen LogP contribution in [0.2, 0.25) is 0 Å². The fourth-order valence-electron chi connectivity index (χ4n) is 2.31. The van der Waals surface area contributed by atoms with Crippen molar-refractivity contribution in [3.05, 3.63) is 47.7 Å². The van der Waals surface area contributed by atoms with Crippen molar-refractivity contribution in [1.29, 1.82) is 0 Å². The van der Waals surface area contributed by atoms with Gasteiger partial charge in [-0.05, 0) is 38.1 Å². The highest BCUT2D eigenvalue weighted by atomic mass is 35.5. The molecule has 152 valence electrons.